The summed E-state index contributed by atoms with van der Waals surface area (Å²) in [5, 5.41) is 3.03. The van der Waals surface area contributed by atoms with Crippen LogP contribution in [0.4, 0.5) is 5.69 Å². The van der Waals surface area contributed by atoms with E-state index in [9.17, 15) is 4.79 Å². The minimum Gasteiger partial charge on any atom is -0.330 e. The number of fused-ring (bicyclic) bond motifs is 1. The molecule has 1 saturated heterocycles. The van der Waals surface area contributed by atoms with Crippen LogP contribution >= 0.6 is 0 Å². The molecule has 0 bridgehead atoms. The monoisotopic (exact) mass is 287 g/mol. The number of anilines is 1. The Morgan fingerprint density at radius 1 is 1.38 bits per heavy atom. The van der Waals surface area contributed by atoms with Gasteiger partial charge in [-0.05, 0) is 67.4 Å². The zero-order valence-electron chi connectivity index (χ0n) is 12.8. The normalized spacial score (nSPS) is 25.0. The number of rotatable bonds is 4. The van der Waals surface area contributed by atoms with Gasteiger partial charge in [0.15, 0.2) is 0 Å². The fraction of sp³-hybridized carbons (Fsp3) is 0.588. The van der Waals surface area contributed by atoms with Crippen molar-refractivity contribution in [3.8, 4) is 0 Å². The molecule has 0 saturated carbocycles. The van der Waals surface area contributed by atoms with Gasteiger partial charge in [0.25, 0.3) is 0 Å². The molecule has 4 nitrogen and oxygen atoms in total. The first-order valence-corrected chi connectivity index (χ1v) is 7.92. The lowest BCUT2D eigenvalue weighted by atomic mass is 9.90. The summed E-state index contributed by atoms with van der Waals surface area (Å²) in [5.74, 6) is 0.0780. The van der Waals surface area contributed by atoms with E-state index in [1.54, 1.807) is 0 Å². The van der Waals surface area contributed by atoms with Crippen LogP contribution in [0.3, 0.4) is 0 Å². The van der Waals surface area contributed by atoms with E-state index in [-0.39, 0.29) is 11.3 Å². The Kier molecular flexibility index (Phi) is 4.00. The molecule has 0 aromatic heterocycles. The standard InChI is InChI=1S/C17H25N3O/c1-17(11-18)7-8-20(12-17)10-16(21)19-15-6-5-13-3-2-4-14(13)9-15/h5-6,9H,2-4,7-8,10-12,18H2,1H3,(H,19,21). The predicted molar refractivity (Wildman–Crippen MR) is 85.3 cm³/mol. The number of carbonyl (C=O) groups excluding carboxylic acids is 1. The number of hydrogen-bond donors (Lipinski definition) is 2. The molecule has 1 amide bonds. The highest BCUT2D eigenvalue weighted by molar-refractivity contribution is 5.92. The van der Waals surface area contributed by atoms with Crippen LogP contribution in [0.25, 0.3) is 0 Å². The minimum absolute atomic E-state index is 0.0780. The summed E-state index contributed by atoms with van der Waals surface area (Å²) in [6, 6.07) is 6.31. The van der Waals surface area contributed by atoms with E-state index in [0.717, 1.165) is 31.6 Å². The summed E-state index contributed by atoms with van der Waals surface area (Å²) in [7, 11) is 0. The number of carbonyl (C=O) groups is 1. The highest BCUT2D eigenvalue weighted by Gasteiger charge is 2.33. The van der Waals surface area contributed by atoms with Gasteiger partial charge < -0.3 is 11.1 Å². The highest BCUT2D eigenvalue weighted by Crippen LogP contribution is 2.28. The summed E-state index contributed by atoms with van der Waals surface area (Å²) >= 11 is 0. The molecule has 1 aromatic rings. The van der Waals surface area contributed by atoms with Crippen molar-refractivity contribution in [3.05, 3.63) is 29.3 Å². The first-order valence-electron chi connectivity index (χ1n) is 7.92. The molecule has 1 aliphatic heterocycles. The van der Waals surface area contributed by atoms with Gasteiger partial charge in [0, 0.05) is 12.2 Å². The molecule has 2 aliphatic rings. The largest absolute Gasteiger partial charge is 0.330 e. The van der Waals surface area contributed by atoms with Crippen LogP contribution in [0.2, 0.25) is 0 Å². The van der Waals surface area contributed by atoms with Crippen molar-refractivity contribution >= 4 is 11.6 Å². The Hall–Kier alpha value is -1.39. The second kappa shape index (κ2) is 5.78. The van der Waals surface area contributed by atoms with Gasteiger partial charge in [-0.25, -0.2) is 0 Å². The third-order valence-corrected chi connectivity index (χ3v) is 4.88. The molecule has 1 aliphatic carbocycles. The maximum absolute atomic E-state index is 12.2. The first-order chi connectivity index (χ1) is 10.1. The van der Waals surface area contributed by atoms with Crippen LogP contribution in [0.1, 0.15) is 30.9 Å². The molecule has 1 atom stereocenters. The van der Waals surface area contributed by atoms with Gasteiger partial charge in [0.2, 0.25) is 5.91 Å². The van der Waals surface area contributed by atoms with Gasteiger partial charge in [-0.15, -0.1) is 0 Å². The fourth-order valence-electron chi connectivity index (χ4n) is 3.48. The van der Waals surface area contributed by atoms with E-state index in [4.69, 9.17) is 5.73 Å². The van der Waals surface area contributed by atoms with Gasteiger partial charge in [-0.2, -0.15) is 0 Å². The van der Waals surface area contributed by atoms with Gasteiger partial charge in [0.05, 0.1) is 6.54 Å². The molecule has 4 heteroatoms. The molecule has 1 unspecified atom stereocenters. The maximum atomic E-state index is 12.2. The molecule has 1 fully saturated rings. The number of amides is 1. The second-order valence-corrected chi connectivity index (χ2v) is 6.86. The number of likely N-dealkylation sites (tertiary alicyclic amines) is 1. The van der Waals surface area contributed by atoms with Gasteiger partial charge >= 0.3 is 0 Å². The Morgan fingerprint density at radius 2 is 2.19 bits per heavy atom. The number of benzene rings is 1. The SMILES string of the molecule is CC1(CN)CCN(CC(=O)Nc2ccc3c(c2)CCC3)C1. The average molecular weight is 287 g/mol. The van der Waals surface area contributed by atoms with Crippen molar-refractivity contribution in [2.45, 2.75) is 32.6 Å². The lowest BCUT2D eigenvalue weighted by Crippen LogP contribution is -2.35. The third-order valence-electron chi connectivity index (χ3n) is 4.88. The Labute approximate surface area is 126 Å². The van der Waals surface area contributed by atoms with Crippen molar-refractivity contribution < 1.29 is 4.79 Å². The molecule has 21 heavy (non-hydrogen) atoms. The van der Waals surface area contributed by atoms with E-state index in [0.29, 0.717) is 13.1 Å². The van der Waals surface area contributed by atoms with E-state index in [2.05, 4.69) is 29.3 Å². The number of nitrogens with one attached hydrogen (secondary N) is 1. The number of aryl methyl sites for hydroxylation is 2. The molecule has 0 radical (unpaired) electrons. The van der Waals surface area contributed by atoms with Crippen LogP contribution in [0.15, 0.2) is 18.2 Å². The lowest BCUT2D eigenvalue weighted by Gasteiger charge is -2.22. The van der Waals surface area contributed by atoms with Crippen LogP contribution in [-0.4, -0.2) is 37.0 Å². The minimum atomic E-state index is 0.0780. The quantitative estimate of drug-likeness (QED) is 0.887. The molecular formula is C17H25N3O. The number of nitrogens with two attached hydrogens (primary N) is 1. The molecule has 114 valence electrons. The summed E-state index contributed by atoms with van der Waals surface area (Å²) in [6.07, 6.45) is 4.63. The summed E-state index contributed by atoms with van der Waals surface area (Å²) in [5.41, 5.74) is 9.75. The van der Waals surface area contributed by atoms with Gasteiger partial charge in [0.1, 0.15) is 0 Å². The van der Waals surface area contributed by atoms with E-state index >= 15 is 0 Å². The van der Waals surface area contributed by atoms with Gasteiger partial charge in [-0.3, -0.25) is 9.69 Å². The van der Waals surface area contributed by atoms with E-state index in [1.165, 1.54) is 24.0 Å². The summed E-state index contributed by atoms with van der Waals surface area (Å²) in [6.45, 7) is 5.24. The average Bonchev–Trinajstić information content (AvgIpc) is 3.05. The zero-order valence-corrected chi connectivity index (χ0v) is 12.8. The smallest absolute Gasteiger partial charge is 0.238 e. The summed E-state index contributed by atoms with van der Waals surface area (Å²) < 4.78 is 0. The van der Waals surface area contributed by atoms with Crippen LogP contribution < -0.4 is 11.1 Å². The second-order valence-electron chi connectivity index (χ2n) is 6.86. The predicted octanol–water partition coefficient (Wildman–Crippen LogP) is 1.78. The fourth-order valence-corrected chi connectivity index (χ4v) is 3.48. The van der Waals surface area contributed by atoms with Crippen molar-refractivity contribution in [2.24, 2.45) is 11.1 Å². The van der Waals surface area contributed by atoms with Crippen molar-refractivity contribution in [3.63, 3.8) is 0 Å². The van der Waals surface area contributed by atoms with Crippen LogP contribution in [0, 0.1) is 5.41 Å². The Morgan fingerprint density at radius 3 is 2.95 bits per heavy atom. The molecule has 1 aromatic carbocycles. The molecular weight excluding hydrogens is 262 g/mol. The van der Waals surface area contributed by atoms with Crippen molar-refractivity contribution in [2.75, 3.05) is 31.5 Å². The van der Waals surface area contributed by atoms with Crippen molar-refractivity contribution in [1.29, 1.82) is 0 Å². The zero-order chi connectivity index (χ0) is 14.9. The molecule has 3 rings (SSSR count). The molecule has 3 N–H and O–H groups in total. The van der Waals surface area contributed by atoms with Crippen LogP contribution in [-0.2, 0) is 17.6 Å². The Bertz CT molecular complexity index is 543. The van der Waals surface area contributed by atoms with E-state index in [1.807, 2.05) is 6.07 Å². The third kappa shape index (κ3) is 3.27. The molecule has 1 heterocycles. The lowest BCUT2D eigenvalue weighted by molar-refractivity contribution is -0.117. The molecule has 0 spiro atoms. The van der Waals surface area contributed by atoms with E-state index < -0.39 is 0 Å². The van der Waals surface area contributed by atoms with Gasteiger partial charge in [-0.1, -0.05) is 13.0 Å². The van der Waals surface area contributed by atoms with Crippen molar-refractivity contribution in [1.82, 2.24) is 4.90 Å². The topological polar surface area (TPSA) is 58.4 Å². The first kappa shape index (κ1) is 14.5. The van der Waals surface area contributed by atoms with Crippen LogP contribution in [0.5, 0.6) is 0 Å². The Balaban J connectivity index is 1.55. The highest BCUT2D eigenvalue weighted by atomic mass is 16.2. The maximum Gasteiger partial charge on any atom is 0.238 e. The number of hydrogen-bond acceptors (Lipinski definition) is 3. The number of nitrogens with zero attached hydrogens (tertiary/aromatic N) is 1. The summed E-state index contributed by atoms with van der Waals surface area (Å²) in [4.78, 5) is 14.4.